The Morgan fingerprint density at radius 3 is 2.40 bits per heavy atom. The second-order valence-electron chi connectivity index (χ2n) is 5.02. The molecule has 1 aliphatic carbocycles. The van der Waals surface area contributed by atoms with Crippen LogP contribution in [0.25, 0.3) is 5.70 Å². The Hall–Kier alpha value is -0.410. The number of alkyl halides is 1. The highest BCUT2D eigenvalue weighted by atomic mass is 35.5. The molecule has 2 nitrogen and oxygen atoms in total. The van der Waals surface area contributed by atoms with Gasteiger partial charge in [0.2, 0.25) is 0 Å². The lowest BCUT2D eigenvalue weighted by Gasteiger charge is -2.32. The average molecular weight is 352 g/mol. The molecule has 1 aromatic heterocycles. The van der Waals surface area contributed by atoms with Gasteiger partial charge in [-0.05, 0) is 26.8 Å². The van der Waals surface area contributed by atoms with Gasteiger partial charge in [-0.2, -0.15) is 5.10 Å². The van der Waals surface area contributed by atoms with Gasteiger partial charge in [0, 0.05) is 11.6 Å². The molecule has 0 amide bonds. The standard InChI is InChI=1S/C14H14Cl4N2/c1-7-13(17)9(3)20(19-7)8(2)10-5-11(15)12(16)6-14(10,4)18/h5-6,10H,2H2,1,3-4H3. The maximum atomic E-state index is 6.54. The quantitative estimate of drug-likeness (QED) is 0.643. The van der Waals surface area contributed by atoms with Crippen LogP contribution in [0.15, 0.2) is 28.8 Å². The number of hydrogen-bond acceptors (Lipinski definition) is 1. The van der Waals surface area contributed by atoms with Crippen LogP contribution in [0, 0.1) is 19.8 Å². The first kappa shape index (κ1) is 16.0. The summed E-state index contributed by atoms with van der Waals surface area (Å²) in [5.74, 6) is -0.228. The van der Waals surface area contributed by atoms with Crippen molar-refractivity contribution in [3.05, 3.63) is 45.2 Å². The van der Waals surface area contributed by atoms with Gasteiger partial charge in [-0.3, -0.25) is 0 Å². The van der Waals surface area contributed by atoms with Gasteiger partial charge in [-0.1, -0.05) is 47.5 Å². The minimum Gasteiger partial charge on any atom is -0.240 e. The summed E-state index contributed by atoms with van der Waals surface area (Å²) < 4.78 is 1.71. The predicted octanol–water partition coefficient (Wildman–Crippen LogP) is 5.50. The van der Waals surface area contributed by atoms with Crippen molar-refractivity contribution in [2.45, 2.75) is 25.6 Å². The lowest BCUT2D eigenvalue weighted by Crippen LogP contribution is -2.30. The first-order valence-corrected chi connectivity index (χ1v) is 7.52. The Labute approximate surface area is 138 Å². The summed E-state index contributed by atoms with van der Waals surface area (Å²) in [6, 6.07) is 0. The van der Waals surface area contributed by atoms with E-state index in [0.717, 1.165) is 11.4 Å². The summed E-state index contributed by atoms with van der Waals surface area (Å²) in [4.78, 5) is -0.717. The molecule has 0 radical (unpaired) electrons. The van der Waals surface area contributed by atoms with Gasteiger partial charge in [0.1, 0.15) is 0 Å². The number of rotatable bonds is 2. The molecule has 0 saturated carbocycles. The molecule has 0 spiro atoms. The highest BCUT2D eigenvalue weighted by molar-refractivity contribution is 6.45. The van der Waals surface area contributed by atoms with Gasteiger partial charge < -0.3 is 0 Å². The van der Waals surface area contributed by atoms with Crippen molar-refractivity contribution in [2.75, 3.05) is 0 Å². The second kappa shape index (κ2) is 5.42. The summed E-state index contributed by atoms with van der Waals surface area (Å²) in [5.41, 5.74) is 2.28. The Morgan fingerprint density at radius 2 is 1.90 bits per heavy atom. The van der Waals surface area contributed by atoms with Gasteiger partial charge in [-0.25, -0.2) is 4.68 Å². The van der Waals surface area contributed by atoms with Crippen molar-refractivity contribution < 1.29 is 0 Å². The number of halogens is 4. The maximum Gasteiger partial charge on any atom is 0.0848 e. The van der Waals surface area contributed by atoms with Gasteiger partial charge in [0.15, 0.2) is 0 Å². The number of aryl methyl sites for hydroxylation is 1. The van der Waals surface area contributed by atoms with Crippen LogP contribution < -0.4 is 0 Å². The van der Waals surface area contributed by atoms with E-state index in [4.69, 9.17) is 46.4 Å². The van der Waals surface area contributed by atoms with Crippen LogP contribution in [0.5, 0.6) is 0 Å². The Balaban J connectivity index is 2.46. The van der Waals surface area contributed by atoms with Crippen molar-refractivity contribution >= 4 is 52.1 Å². The molecule has 1 aromatic rings. The van der Waals surface area contributed by atoms with Crippen LogP contribution in [0.1, 0.15) is 18.3 Å². The van der Waals surface area contributed by atoms with E-state index in [2.05, 4.69) is 11.7 Å². The number of aromatic nitrogens is 2. The fraction of sp³-hybridized carbons (Fsp3) is 0.357. The van der Waals surface area contributed by atoms with E-state index in [9.17, 15) is 0 Å². The first-order valence-electron chi connectivity index (χ1n) is 6.01. The molecule has 0 N–H and O–H groups in total. The van der Waals surface area contributed by atoms with Crippen molar-refractivity contribution in [3.63, 3.8) is 0 Å². The minimum atomic E-state index is -0.717. The zero-order valence-electron chi connectivity index (χ0n) is 11.3. The normalized spacial score (nSPS) is 26.2. The molecule has 20 heavy (non-hydrogen) atoms. The molecule has 1 aliphatic rings. The molecular formula is C14H14Cl4N2. The molecule has 0 bridgehead atoms. The molecule has 108 valence electrons. The minimum absolute atomic E-state index is 0.228. The van der Waals surface area contributed by atoms with E-state index in [1.165, 1.54) is 0 Å². The monoisotopic (exact) mass is 350 g/mol. The van der Waals surface area contributed by atoms with Gasteiger partial charge >= 0.3 is 0 Å². The molecule has 2 atom stereocenters. The molecular weight excluding hydrogens is 338 g/mol. The van der Waals surface area contributed by atoms with E-state index in [1.54, 1.807) is 16.8 Å². The summed E-state index contributed by atoms with van der Waals surface area (Å²) in [6.45, 7) is 9.69. The Bertz CT molecular complexity index is 638. The molecule has 0 aromatic carbocycles. The molecule has 0 fully saturated rings. The fourth-order valence-corrected chi connectivity index (χ4v) is 3.19. The van der Waals surface area contributed by atoms with E-state index in [-0.39, 0.29) is 5.92 Å². The smallest absolute Gasteiger partial charge is 0.0848 e. The van der Waals surface area contributed by atoms with Crippen LogP contribution in [0.4, 0.5) is 0 Å². The maximum absolute atomic E-state index is 6.54. The van der Waals surface area contributed by atoms with Gasteiger partial charge in [0.25, 0.3) is 0 Å². The number of nitrogens with zero attached hydrogens (tertiary/aromatic N) is 2. The van der Waals surface area contributed by atoms with E-state index in [0.29, 0.717) is 20.8 Å². The van der Waals surface area contributed by atoms with Crippen LogP contribution in [0.3, 0.4) is 0 Å². The zero-order chi connectivity index (χ0) is 15.2. The largest absolute Gasteiger partial charge is 0.240 e. The summed E-state index contributed by atoms with van der Waals surface area (Å²) >= 11 is 24.8. The van der Waals surface area contributed by atoms with E-state index in [1.807, 2.05) is 20.8 Å². The second-order valence-corrected chi connectivity index (χ2v) is 7.03. The third kappa shape index (κ3) is 2.67. The molecule has 1 heterocycles. The number of hydrogen-bond donors (Lipinski definition) is 0. The van der Waals surface area contributed by atoms with E-state index >= 15 is 0 Å². The molecule has 2 rings (SSSR count). The highest BCUT2D eigenvalue weighted by Crippen LogP contribution is 2.43. The van der Waals surface area contributed by atoms with Crippen LogP contribution in [0.2, 0.25) is 5.02 Å². The van der Waals surface area contributed by atoms with Crippen molar-refractivity contribution in [1.82, 2.24) is 9.78 Å². The van der Waals surface area contributed by atoms with Crippen molar-refractivity contribution in [1.29, 1.82) is 0 Å². The number of allylic oxidation sites excluding steroid dienone is 5. The van der Waals surface area contributed by atoms with Crippen molar-refractivity contribution in [2.24, 2.45) is 5.92 Å². The average Bonchev–Trinajstić information content (AvgIpc) is 2.60. The highest BCUT2D eigenvalue weighted by Gasteiger charge is 2.36. The first-order chi connectivity index (χ1) is 9.15. The van der Waals surface area contributed by atoms with Crippen LogP contribution in [-0.2, 0) is 0 Å². The SMILES string of the molecule is C=C(C1C=C(Cl)C(Cl)=CC1(C)Cl)n1nc(C)c(Cl)c1C. The zero-order valence-corrected chi connectivity index (χ0v) is 14.4. The molecule has 6 heteroatoms. The summed E-state index contributed by atoms with van der Waals surface area (Å²) in [7, 11) is 0. The molecule has 0 saturated heterocycles. The topological polar surface area (TPSA) is 17.8 Å². The lowest BCUT2D eigenvalue weighted by atomic mass is 9.86. The summed E-state index contributed by atoms with van der Waals surface area (Å²) in [5, 5.41) is 5.93. The molecule has 2 unspecified atom stereocenters. The van der Waals surface area contributed by atoms with Crippen LogP contribution >= 0.6 is 46.4 Å². The van der Waals surface area contributed by atoms with Crippen molar-refractivity contribution in [3.8, 4) is 0 Å². The third-order valence-corrected chi connectivity index (χ3v) is 5.02. The van der Waals surface area contributed by atoms with Gasteiger partial charge in [0.05, 0.1) is 31.3 Å². The summed E-state index contributed by atoms with van der Waals surface area (Å²) in [6.07, 6.45) is 3.52. The molecule has 0 aliphatic heterocycles. The Kier molecular flexibility index (Phi) is 4.32. The Morgan fingerprint density at radius 1 is 1.30 bits per heavy atom. The lowest BCUT2D eigenvalue weighted by molar-refractivity contribution is 0.616. The van der Waals surface area contributed by atoms with Crippen LogP contribution in [-0.4, -0.2) is 14.7 Å². The van der Waals surface area contributed by atoms with E-state index < -0.39 is 4.87 Å². The predicted molar refractivity (Wildman–Crippen MR) is 87.7 cm³/mol. The van der Waals surface area contributed by atoms with Gasteiger partial charge in [-0.15, -0.1) is 11.6 Å². The third-order valence-electron chi connectivity index (χ3n) is 3.39. The fourth-order valence-electron chi connectivity index (χ4n) is 2.25.